The van der Waals surface area contributed by atoms with Crippen molar-refractivity contribution < 1.29 is 14.3 Å². The van der Waals surface area contributed by atoms with Crippen LogP contribution in [0.5, 0.6) is 0 Å². The van der Waals surface area contributed by atoms with Gasteiger partial charge in [0, 0.05) is 12.3 Å². The van der Waals surface area contributed by atoms with E-state index >= 15 is 0 Å². The highest BCUT2D eigenvalue weighted by Gasteiger charge is 2.13. The van der Waals surface area contributed by atoms with Crippen molar-refractivity contribution in [3.8, 4) is 0 Å². The van der Waals surface area contributed by atoms with Crippen molar-refractivity contribution in [1.29, 1.82) is 0 Å². The molecule has 1 aromatic heterocycles. The molecule has 1 aromatic carbocycles. The number of benzene rings is 1. The standard InChI is InChI=1S/C14H13N3O4/c1-21-14(20)10-5-2-3-6-11(10)16-12(18)9-17-13(19)7-4-8-15-17/h2-8H,9H2,1H3,(H,16,18). The lowest BCUT2D eigenvalue weighted by molar-refractivity contribution is -0.117. The first-order valence-electron chi connectivity index (χ1n) is 6.11. The van der Waals surface area contributed by atoms with E-state index in [1.165, 1.54) is 31.5 Å². The molecule has 1 heterocycles. The van der Waals surface area contributed by atoms with Crippen molar-refractivity contribution in [3.05, 3.63) is 58.5 Å². The number of carbonyl (C=O) groups excluding carboxylic acids is 2. The van der Waals surface area contributed by atoms with Gasteiger partial charge in [-0.1, -0.05) is 12.1 Å². The summed E-state index contributed by atoms with van der Waals surface area (Å²) in [7, 11) is 1.26. The lowest BCUT2D eigenvalue weighted by Gasteiger charge is -2.09. The molecule has 0 radical (unpaired) electrons. The molecule has 0 unspecified atom stereocenters. The monoisotopic (exact) mass is 287 g/mol. The Morgan fingerprint density at radius 2 is 2.00 bits per heavy atom. The van der Waals surface area contributed by atoms with E-state index in [0.717, 1.165) is 4.68 Å². The smallest absolute Gasteiger partial charge is 0.339 e. The van der Waals surface area contributed by atoms with Crippen LogP contribution in [0.15, 0.2) is 47.4 Å². The third-order valence-electron chi connectivity index (χ3n) is 2.69. The van der Waals surface area contributed by atoms with E-state index in [4.69, 9.17) is 0 Å². The number of methoxy groups -OCH3 is 1. The molecular formula is C14H13N3O4. The number of aromatic nitrogens is 2. The van der Waals surface area contributed by atoms with Gasteiger partial charge < -0.3 is 10.1 Å². The van der Waals surface area contributed by atoms with Crippen LogP contribution in [-0.2, 0) is 16.1 Å². The predicted molar refractivity (Wildman–Crippen MR) is 74.9 cm³/mol. The second-order valence-electron chi connectivity index (χ2n) is 4.10. The molecule has 0 saturated heterocycles. The molecule has 7 heteroatoms. The third-order valence-corrected chi connectivity index (χ3v) is 2.69. The number of nitrogens with one attached hydrogen (secondary N) is 1. The minimum atomic E-state index is -0.555. The topological polar surface area (TPSA) is 90.3 Å². The largest absolute Gasteiger partial charge is 0.465 e. The first-order valence-corrected chi connectivity index (χ1v) is 6.11. The van der Waals surface area contributed by atoms with Gasteiger partial charge in [0.15, 0.2) is 0 Å². The van der Waals surface area contributed by atoms with Gasteiger partial charge >= 0.3 is 5.97 Å². The van der Waals surface area contributed by atoms with Gasteiger partial charge in [-0.3, -0.25) is 9.59 Å². The SMILES string of the molecule is COC(=O)c1ccccc1NC(=O)Cn1ncccc1=O. The van der Waals surface area contributed by atoms with Gasteiger partial charge in [-0.2, -0.15) is 5.10 Å². The number of carbonyl (C=O) groups is 2. The summed E-state index contributed by atoms with van der Waals surface area (Å²) in [6, 6.07) is 9.24. The van der Waals surface area contributed by atoms with Gasteiger partial charge in [0.25, 0.3) is 5.56 Å². The Balaban J connectivity index is 2.15. The first kappa shape index (κ1) is 14.4. The number of hydrogen-bond donors (Lipinski definition) is 1. The van der Waals surface area contributed by atoms with Crippen molar-refractivity contribution in [1.82, 2.24) is 9.78 Å². The molecule has 0 aliphatic rings. The number of para-hydroxylation sites is 1. The van der Waals surface area contributed by atoms with E-state index in [1.54, 1.807) is 18.2 Å². The number of hydrogen-bond acceptors (Lipinski definition) is 5. The van der Waals surface area contributed by atoms with Gasteiger partial charge in [0.2, 0.25) is 5.91 Å². The summed E-state index contributed by atoms with van der Waals surface area (Å²) in [6.07, 6.45) is 1.41. The average molecular weight is 287 g/mol. The Labute approximate surface area is 120 Å². The van der Waals surface area contributed by atoms with E-state index in [9.17, 15) is 14.4 Å². The molecule has 0 fully saturated rings. The number of ether oxygens (including phenoxy) is 1. The van der Waals surface area contributed by atoms with Crippen LogP contribution < -0.4 is 10.9 Å². The Morgan fingerprint density at radius 1 is 1.24 bits per heavy atom. The molecule has 7 nitrogen and oxygen atoms in total. The van der Waals surface area contributed by atoms with Gasteiger partial charge in [0.1, 0.15) is 6.54 Å². The Morgan fingerprint density at radius 3 is 2.71 bits per heavy atom. The minimum absolute atomic E-state index is 0.238. The lowest BCUT2D eigenvalue weighted by Crippen LogP contribution is -2.29. The summed E-state index contributed by atoms with van der Waals surface area (Å²) in [5.74, 6) is -1.02. The molecule has 108 valence electrons. The quantitative estimate of drug-likeness (QED) is 0.835. The van der Waals surface area contributed by atoms with Crippen LogP contribution >= 0.6 is 0 Å². The van der Waals surface area contributed by atoms with Crippen LogP contribution in [0.3, 0.4) is 0 Å². The van der Waals surface area contributed by atoms with E-state index in [0.29, 0.717) is 5.69 Å². The zero-order chi connectivity index (χ0) is 15.2. The molecule has 2 rings (SSSR count). The van der Waals surface area contributed by atoms with Gasteiger partial charge in [-0.25, -0.2) is 9.48 Å². The van der Waals surface area contributed by atoms with Crippen LogP contribution in [0.2, 0.25) is 0 Å². The minimum Gasteiger partial charge on any atom is -0.465 e. The van der Waals surface area contributed by atoms with Crippen molar-refractivity contribution in [2.45, 2.75) is 6.54 Å². The molecule has 1 amide bonds. The molecule has 0 bridgehead atoms. The van der Waals surface area contributed by atoms with Crippen molar-refractivity contribution in [2.24, 2.45) is 0 Å². The number of amides is 1. The van der Waals surface area contributed by atoms with Crippen LogP contribution in [-0.4, -0.2) is 28.8 Å². The number of nitrogens with zero attached hydrogens (tertiary/aromatic N) is 2. The fourth-order valence-corrected chi connectivity index (χ4v) is 1.71. The van der Waals surface area contributed by atoms with Crippen LogP contribution in [0.25, 0.3) is 0 Å². The predicted octanol–water partition coefficient (Wildman–Crippen LogP) is 0.669. The van der Waals surface area contributed by atoms with E-state index in [1.807, 2.05) is 0 Å². The molecule has 0 spiro atoms. The number of rotatable bonds is 4. The zero-order valence-corrected chi connectivity index (χ0v) is 11.3. The second kappa shape index (κ2) is 6.47. The summed E-state index contributed by atoms with van der Waals surface area (Å²) < 4.78 is 5.66. The Kier molecular flexibility index (Phi) is 4.45. The fraction of sp³-hybridized carbons (Fsp3) is 0.143. The van der Waals surface area contributed by atoms with Crippen LogP contribution in [0, 0.1) is 0 Å². The molecule has 0 aliphatic carbocycles. The summed E-state index contributed by atoms with van der Waals surface area (Å²) in [6.45, 7) is -0.241. The van der Waals surface area contributed by atoms with Gasteiger partial charge in [0.05, 0.1) is 18.4 Å². The number of esters is 1. The van der Waals surface area contributed by atoms with E-state index in [2.05, 4.69) is 15.2 Å². The fourth-order valence-electron chi connectivity index (χ4n) is 1.71. The Hall–Kier alpha value is -2.96. The summed E-state index contributed by atoms with van der Waals surface area (Å²) >= 11 is 0. The summed E-state index contributed by atoms with van der Waals surface area (Å²) in [5.41, 5.74) is 0.175. The molecule has 2 aromatic rings. The average Bonchev–Trinajstić information content (AvgIpc) is 2.49. The lowest BCUT2D eigenvalue weighted by atomic mass is 10.2. The highest BCUT2D eigenvalue weighted by molar-refractivity contribution is 6.01. The highest BCUT2D eigenvalue weighted by atomic mass is 16.5. The molecule has 1 N–H and O–H groups in total. The van der Waals surface area contributed by atoms with Gasteiger partial charge in [-0.15, -0.1) is 0 Å². The maximum absolute atomic E-state index is 11.9. The molecule has 0 atom stereocenters. The van der Waals surface area contributed by atoms with Crippen molar-refractivity contribution >= 4 is 17.6 Å². The maximum atomic E-state index is 11.9. The molecule has 0 aliphatic heterocycles. The number of anilines is 1. The van der Waals surface area contributed by atoms with Gasteiger partial charge in [-0.05, 0) is 18.2 Å². The Bertz CT molecular complexity index is 724. The maximum Gasteiger partial charge on any atom is 0.339 e. The zero-order valence-electron chi connectivity index (χ0n) is 11.3. The second-order valence-corrected chi connectivity index (χ2v) is 4.10. The van der Waals surface area contributed by atoms with Crippen LogP contribution in [0.4, 0.5) is 5.69 Å². The van der Waals surface area contributed by atoms with Crippen molar-refractivity contribution in [3.63, 3.8) is 0 Å². The van der Waals surface area contributed by atoms with Crippen LogP contribution in [0.1, 0.15) is 10.4 Å². The van der Waals surface area contributed by atoms with E-state index in [-0.39, 0.29) is 17.7 Å². The summed E-state index contributed by atoms with van der Waals surface area (Å²) in [4.78, 5) is 35.0. The highest BCUT2D eigenvalue weighted by Crippen LogP contribution is 2.15. The molecule has 0 saturated carbocycles. The van der Waals surface area contributed by atoms with E-state index < -0.39 is 11.9 Å². The first-order chi connectivity index (χ1) is 10.1. The van der Waals surface area contributed by atoms with Crippen molar-refractivity contribution in [2.75, 3.05) is 12.4 Å². The molecular weight excluding hydrogens is 274 g/mol. The summed E-state index contributed by atoms with van der Waals surface area (Å²) in [5, 5.41) is 6.35. The molecule has 21 heavy (non-hydrogen) atoms. The normalized spacial score (nSPS) is 9.95. The third kappa shape index (κ3) is 3.53.